The number of aryl methyl sites for hydroxylation is 1. The van der Waals surface area contributed by atoms with Crippen LogP contribution in [0.4, 0.5) is 5.69 Å². The van der Waals surface area contributed by atoms with Gasteiger partial charge in [0.1, 0.15) is 5.75 Å². The maximum absolute atomic E-state index is 11.3. The minimum Gasteiger partial charge on any atom is -0.505 e. The molecule has 0 aromatic heterocycles. The fraction of sp³-hybridized carbons (Fsp3) is 0.462. The fourth-order valence-corrected chi connectivity index (χ4v) is 1.74. The van der Waals surface area contributed by atoms with E-state index in [-0.39, 0.29) is 11.7 Å². The predicted octanol–water partition coefficient (Wildman–Crippen LogP) is 2.87. The fourth-order valence-electron chi connectivity index (χ4n) is 1.74. The van der Waals surface area contributed by atoms with Gasteiger partial charge >= 0.3 is 0 Å². The number of phenolic OH excluding ortho intramolecular Hbond substituents is 1. The van der Waals surface area contributed by atoms with Crippen LogP contribution in [-0.4, -0.2) is 11.0 Å². The minimum atomic E-state index is -0.0819. The molecule has 1 rings (SSSR count). The van der Waals surface area contributed by atoms with Gasteiger partial charge in [-0.15, -0.1) is 0 Å². The number of anilines is 1. The molecule has 0 radical (unpaired) electrons. The van der Waals surface area contributed by atoms with Crippen LogP contribution in [0.2, 0.25) is 0 Å². The number of hydrogen-bond donors (Lipinski definition) is 2. The highest BCUT2D eigenvalue weighted by Crippen LogP contribution is 2.31. The van der Waals surface area contributed by atoms with E-state index in [2.05, 4.69) is 12.2 Å². The molecule has 0 fully saturated rings. The van der Waals surface area contributed by atoms with Crippen molar-refractivity contribution in [3.05, 3.63) is 23.3 Å². The van der Waals surface area contributed by atoms with E-state index in [4.69, 9.17) is 0 Å². The van der Waals surface area contributed by atoms with Crippen molar-refractivity contribution in [2.75, 3.05) is 5.32 Å². The molecule has 1 aromatic rings. The third-order valence-corrected chi connectivity index (χ3v) is 2.71. The molecule has 0 unspecified atom stereocenters. The first-order valence-corrected chi connectivity index (χ1v) is 5.77. The molecule has 0 heterocycles. The summed E-state index contributed by atoms with van der Waals surface area (Å²) in [5.74, 6) is 0.130. The summed E-state index contributed by atoms with van der Waals surface area (Å²) in [5.41, 5.74) is 2.58. The molecule has 0 saturated carbocycles. The van der Waals surface area contributed by atoms with Crippen LogP contribution in [0.5, 0.6) is 5.75 Å². The van der Waals surface area contributed by atoms with Crippen molar-refractivity contribution in [2.24, 2.45) is 0 Å². The maximum Gasteiger partial charge on any atom is 0.224 e. The van der Waals surface area contributed by atoms with Crippen molar-refractivity contribution in [3.8, 4) is 5.75 Å². The van der Waals surface area contributed by atoms with Crippen LogP contribution in [0.25, 0.3) is 0 Å². The highest BCUT2D eigenvalue weighted by atomic mass is 16.3. The van der Waals surface area contributed by atoms with E-state index < -0.39 is 0 Å². The van der Waals surface area contributed by atoms with E-state index in [0.717, 1.165) is 24.0 Å². The molecule has 0 saturated heterocycles. The van der Waals surface area contributed by atoms with Gasteiger partial charge in [0.15, 0.2) is 0 Å². The van der Waals surface area contributed by atoms with Gasteiger partial charge in [-0.1, -0.05) is 26.8 Å². The van der Waals surface area contributed by atoms with Crippen molar-refractivity contribution in [1.82, 2.24) is 0 Å². The number of phenols is 1. The molecule has 0 atom stereocenters. The van der Waals surface area contributed by atoms with Crippen LogP contribution in [0, 0.1) is 0 Å². The molecule has 88 valence electrons. The summed E-state index contributed by atoms with van der Waals surface area (Å²) < 4.78 is 0. The zero-order chi connectivity index (χ0) is 12.1. The van der Waals surface area contributed by atoms with E-state index >= 15 is 0 Å². The highest BCUT2D eigenvalue weighted by molar-refractivity contribution is 5.92. The van der Waals surface area contributed by atoms with Crippen LogP contribution in [0.15, 0.2) is 12.1 Å². The van der Waals surface area contributed by atoms with E-state index in [9.17, 15) is 9.90 Å². The number of aromatic hydroxyl groups is 1. The number of nitrogens with one attached hydrogen (secondary N) is 1. The standard InChI is InChI=1S/C13H19NO2/c1-4-9-7-8-11(14-12(15)6-3)13(16)10(9)5-2/h7-8,16H,4-6H2,1-3H3,(H,14,15). The first-order valence-electron chi connectivity index (χ1n) is 5.77. The summed E-state index contributed by atoms with van der Waals surface area (Å²) in [4.78, 5) is 11.3. The van der Waals surface area contributed by atoms with Crippen LogP contribution in [0.1, 0.15) is 38.3 Å². The van der Waals surface area contributed by atoms with Crippen LogP contribution in [-0.2, 0) is 17.6 Å². The van der Waals surface area contributed by atoms with Gasteiger partial charge in [0.25, 0.3) is 0 Å². The molecule has 3 heteroatoms. The summed E-state index contributed by atoms with van der Waals surface area (Å²) in [7, 11) is 0. The molecule has 16 heavy (non-hydrogen) atoms. The number of carbonyl (C=O) groups is 1. The van der Waals surface area contributed by atoms with Crippen molar-refractivity contribution in [1.29, 1.82) is 0 Å². The number of rotatable bonds is 4. The second-order valence-corrected chi connectivity index (χ2v) is 3.71. The Morgan fingerprint density at radius 2 is 1.94 bits per heavy atom. The lowest BCUT2D eigenvalue weighted by Gasteiger charge is -2.13. The van der Waals surface area contributed by atoms with Gasteiger partial charge in [0.2, 0.25) is 5.91 Å². The first-order chi connectivity index (χ1) is 7.63. The molecule has 0 bridgehead atoms. The van der Waals surface area contributed by atoms with E-state index in [1.165, 1.54) is 0 Å². The normalized spacial score (nSPS) is 10.2. The molecule has 1 amide bonds. The van der Waals surface area contributed by atoms with Gasteiger partial charge in [0, 0.05) is 6.42 Å². The SMILES string of the molecule is CCC(=O)Nc1ccc(CC)c(CC)c1O. The monoisotopic (exact) mass is 221 g/mol. The smallest absolute Gasteiger partial charge is 0.224 e. The summed E-state index contributed by atoms with van der Waals surface area (Å²) in [6, 6.07) is 3.73. The lowest BCUT2D eigenvalue weighted by atomic mass is 10.0. The maximum atomic E-state index is 11.3. The van der Waals surface area contributed by atoms with E-state index in [1.807, 2.05) is 13.0 Å². The summed E-state index contributed by atoms with van der Waals surface area (Å²) >= 11 is 0. The third-order valence-electron chi connectivity index (χ3n) is 2.71. The van der Waals surface area contributed by atoms with E-state index in [1.54, 1.807) is 13.0 Å². The molecule has 0 aliphatic heterocycles. The molecule has 3 nitrogen and oxygen atoms in total. The molecule has 2 N–H and O–H groups in total. The summed E-state index contributed by atoms with van der Waals surface area (Å²) in [6.07, 6.45) is 2.07. The summed E-state index contributed by atoms with van der Waals surface area (Å²) in [5, 5.41) is 12.7. The number of hydrogen-bond acceptors (Lipinski definition) is 2. The van der Waals surface area contributed by atoms with Gasteiger partial charge < -0.3 is 10.4 Å². The van der Waals surface area contributed by atoms with Gasteiger partial charge in [-0.05, 0) is 30.0 Å². The Kier molecular flexibility index (Phi) is 4.35. The van der Waals surface area contributed by atoms with Gasteiger partial charge in [-0.2, -0.15) is 0 Å². The lowest BCUT2D eigenvalue weighted by molar-refractivity contribution is -0.115. The number of carbonyl (C=O) groups excluding carboxylic acids is 1. The van der Waals surface area contributed by atoms with Crippen molar-refractivity contribution < 1.29 is 9.90 Å². The van der Waals surface area contributed by atoms with Crippen LogP contribution < -0.4 is 5.32 Å². The Bertz CT molecular complexity index is 386. The van der Waals surface area contributed by atoms with Crippen molar-refractivity contribution in [3.63, 3.8) is 0 Å². The van der Waals surface area contributed by atoms with Gasteiger partial charge in [0.05, 0.1) is 5.69 Å². The van der Waals surface area contributed by atoms with Crippen LogP contribution in [0.3, 0.4) is 0 Å². The second kappa shape index (κ2) is 5.54. The minimum absolute atomic E-state index is 0.0819. The molecule has 0 aliphatic rings. The second-order valence-electron chi connectivity index (χ2n) is 3.71. The predicted molar refractivity (Wildman–Crippen MR) is 65.8 cm³/mol. The lowest BCUT2D eigenvalue weighted by Crippen LogP contribution is -2.10. The number of benzene rings is 1. The Balaban J connectivity index is 3.08. The Labute approximate surface area is 96.5 Å². The molecule has 0 aliphatic carbocycles. The van der Waals surface area contributed by atoms with Gasteiger partial charge in [-0.3, -0.25) is 4.79 Å². The average Bonchev–Trinajstić information content (AvgIpc) is 2.31. The average molecular weight is 221 g/mol. The first kappa shape index (κ1) is 12.6. The van der Waals surface area contributed by atoms with E-state index in [0.29, 0.717) is 12.1 Å². The van der Waals surface area contributed by atoms with Gasteiger partial charge in [-0.25, -0.2) is 0 Å². The zero-order valence-electron chi connectivity index (χ0n) is 10.1. The van der Waals surface area contributed by atoms with Crippen LogP contribution >= 0.6 is 0 Å². The summed E-state index contributed by atoms with van der Waals surface area (Å²) in [6.45, 7) is 5.84. The topological polar surface area (TPSA) is 49.3 Å². The quantitative estimate of drug-likeness (QED) is 0.768. The molecular weight excluding hydrogens is 202 g/mol. The molecule has 0 spiro atoms. The molecule has 1 aromatic carbocycles. The third kappa shape index (κ3) is 2.54. The van der Waals surface area contributed by atoms with Crippen molar-refractivity contribution in [2.45, 2.75) is 40.0 Å². The van der Waals surface area contributed by atoms with Crippen molar-refractivity contribution >= 4 is 11.6 Å². The Hall–Kier alpha value is -1.51. The molecular formula is C13H19NO2. The highest BCUT2D eigenvalue weighted by Gasteiger charge is 2.11. The Morgan fingerprint density at radius 3 is 2.44 bits per heavy atom. The number of amides is 1. The Morgan fingerprint density at radius 1 is 1.25 bits per heavy atom. The largest absolute Gasteiger partial charge is 0.505 e. The zero-order valence-corrected chi connectivity index (χ0v) is 10.1.